The van der Waals surface area contributed by atoms with E-state index in [1.54, 1.807) is 0 Å². The molecule has 0 saturated carbocycles. The van der Waals surface area contributed by atoms with Crippen molar-refractivity contribution < 1.29 is 17.6 Å². The van der Waals surface area contributed by atoms with Gasteiger partial charge in [0.25, 0.3) is 0 Å². The Balaban J connectivity index is 2.64. The minimum atomic E-state index is -4.51. The number of nitrogens with two attached hydrogens (primary N) is 1. The summed E-state index contributed by atoms with van der Waals surface area (Å²) in [6, 6.07) is 2.44. The number of benzene rings is 1. The predicted molar refractivity (Wildman–Crippen MR) is 58.2 cm³/mol. The van der Waals surface area contributed by atoms with Crippen LogP contribution in [0.2, 0.25) is 0 Å². The fourth-order valence-electron chi connectivity index (χ4n) is 1.33. The van der Waals surface area contributed by atoms with Crippen LogP contribution in [0.3, 0.4) is 0 Å². The van der Waals surface area contributed by atoms with Crippen LogP contribution in [0.25, 0.3) is 0 Å². The molecule has 3 N–H and O–H groups in total. The van der Waals surface area contributed by atoms with Crippen molar-refractivity contribution in [3.63, 3.8) is 0 Å². The topological polar surface area (TPSA) is 38.0 Å². The highest BCUT2D eigenvalue weighted by Crippen LogP contribution is 2.31. The van der Waals surface area contributed by atoms with Crippen LogP contribution < -0.4 is 11.1 Å². The Morgan fingerprint density at radius 2 is 1.88 bits per heavy atom. The molecule has 0 fully saturated rings. The predicted octanol–water partition coefficient (Wildman–Crippen LogP) is 3.00. The first-order valence-corrected chi connectivity index (χ1v) is 5.26. The van der Waals surface area contributed by atoms with Gasteiger partial charge in [-0.2, -0.15) is 13.2 Å². The third-order valence-corrected chi connectivity index (χ3v) is 2.24. The summed E-state index contributed by atoms with van der Waals surface area (Å²) in [5.41, 5.74) is 4.37. The third-order valence-electron chi connectivity index (χ3n) is 2.24. The Kier molecular flexibility index (Phi) is 4.74. The van der Waals surface area contributed by atoms with Gasteiger partial charge >= 0.3 is 6.18 Å². The standard InChI is InChI=1S/C11H14F4N2/c12-9-7-8(11(13,14)15)3-4-10(9)17-6-2-1-5-16/h3-4,7,17H,1-2,5-6,16H2. The highest BCUT2D eigenvalue weighted by molar-refractivity contribution is 5.46. The minimum Gasteiger partial charge on any atom is -0.383 e. The van der Waals surface area contributed by atoms with E-state index in [0.717, 1.165) is 25.0 Å². The maximum atomic E-state index is 13.3. The lowest BCUT2D eigenvalue weighted by Crippen LogP contribution is -2.09. The average molecular weight is 250 g/mol. The van der Waals surface area contributed by atoms with Crippen LogP contribution >= 0.6 is 0 Å². The lowest BCUT2D eigenvalue weighted by Gasteiger charge is -2.10. The van der Waals surface area contributed by atoms with Crippen molar-refractivity contribution in [1.82, 2.24) is 0 Å². The molecule has 17 heavy (non-hydrogen) atoms. The van der Waals surface area contributed by atoms with Gasteiger partial charge in [0.05, 0.1) is 11.3 Å². The Morgan fingerprint density at radius 1 is 1.18 bits per heavy atom. The van der Waals surface area contributed by atoms with E-state index >= 15 is 0 Å². The molecule has 0 bridgehead atoms. The molecule has 2 nitrogen and oxygen atoms in total. The van der Waals surface area contributed by atoms with Crippen molar-refractivity contribution in [2.75, 3.05) is 18.4 Å². The van der Waals surface area contributed by atoms with Crippen molar-refractivity contribution in [2.45, 2.75) is 19.0 Å². The molecule has 0 heterocycles. The molecular weight excluding hydrogens is 236 g/mol. The summed E-state index contributed by atoms with van der Waals surface area (Å²) < 4.78 is 50.1. The van der Waals surface area contributed by atoms with Crippen molar-refractivity contribution in [3.8, 4) is 0 Å². The SMILES string of the molecule is NCCCCNc1ccc(C(F)(F)F)cc1F. The lowest BCUT2D eigenvalue weighted by atomic mass is 10.2. The number of nitrogens with one attached hydrogen (secondary N) is 1. The van der Waals surface area contributed by atoms with Gasteiger partial charge in [0.15, 0.2) is 0 Å². The van der Waals surface area contributed by atoms with Crippen molar-refractivity contribution in [2.24, 2.45) is 5.73 Å². The van der Waals surface area contributed by atoms with E-state index in [1.807, 2.05) is 0 Å². The summed E-state index contributed by atoms with van der Waals surface area (Å²) in [5.74, 6) is -0.896. The fraction of sp³-hybridized carbons (Fsp3) is 0.455. The molecule has 1 rings (SSSR count). The number of halogens is 4. The van der Waals surface area contributed by atoms with E-state index in [9.17, 15) is 17.6 Å². The van der Waals surface area contributed by atoms with Crippen molar-refractivity contribution in [1.29, 1.82) is 0 Å². The normalized spacial score (nSPS) is 11.6. The van der Waals surface area contributed by atoms with Gasteiger partial charge in [-0.25, -0.2) is 4.39 Å². The molecule has 1 aromatic rings. The Bertz CT molecular complexity index is 363. The number of anilines is 1. The second-order valence-corrected chi connectivity index (χ2v) is 3.61. The van der Waals surface area contributed by atoms with E-state index in [-0.39, 0.29) is 5.69 Å². The number of unbranched alkanes of at least 4 members (excludes halogenated alkanes) is 1. The fourth-order valence-corrected chi connectivity index (χ4v) is 1.33. The number of hydrogen-bond acceptors (Lipinski definition) is 2. The molecule has 0 aliphatic rings. The van der Waals surface area contributed by atoms with Crippen molar-refractivity contribution in [3.05, 3.63) is 29.6 Å². The first kappa shape index (κ1) is 13.8. The minimum absolute atomic E-state index is 0.0787. The first-order chi connectivity index (χ1) is 7.95. The summed E-state index contributed by atoms with van der Waals surface area (Å²) in [5, 5.41) is 2.73. The highest BCUT2D eigenvalue weighted by Gasteiger charge is 2.31. The van der Waals surface area contributed by atoms with E-state index < -0.39 is 17.6 Å². The molecule has 0 aliphatic heterocycles. The van der Waals surface area contributed by atoms with Gasteiger partial charge in [-0.05, 0) is 37.6 Å². The molecule has 96 valence electrons. The van der Waals surface area contributed by atoms with Gasteiger partial charge < -0.3 is 11.1 Å². The van der Waals surface area contributed by atoms with E-state index in [0.29, 0.717) is 19.2 Å². The largest absolute Gasteiger partial charge is 0.416 e. The van der Waals surface area contributed by atoms with Crippen molar-refractivity contribution >= 4 is 5.69 Å². The van der Waals surface area contributed by atoms with Crippen LogP contribution in [0, 0.1) is 5.82 Å². The van der Waals surface area contributed by atoms with Gasteiger partial charge in [-0.15, -0.1) is 0 Å². The molecule has 0 saturated heterocycles. The van der Waals surface area contributed by atoms with E-state index in [1.165, 1.54) is 0 Å². The molecule has 0 spiro atoms. The van der Waals surface area contributed by atoms with Gasteiger partial charge in [-0.3, -0.25) is 0 Å². The zero-order valence-corrected chi connectivity index (χ0v) is 9.15. The monoisotopic (exact) mass is 250 g/mol. The number of hydrogen-bond donors (Lipinski definition) is 2. The zero-order chi connectivity index (χ0) is 12.9. The maximum Gasteiger partial charge on any atom is 0.416 e. The maximum absolute atomic E-state index is 13.3. The number of alkyl halides is 3. The Morgan fingerprint density at radius 3 is 2.41 bits per heavy atom. The van der Waals surface area contributed by atoms with Gasteiger partial charge in [0.1, 0.15) is 5.82 Å². The summed E-state index contributed by atoms with van der Waals surface area (Å²) in [7, 11) is 0. The summed E-state index contributed by atoms with van der Waals surface area (Å²) in [6.45, 7) is 1.02. The van der Waals surface area contributed by atoms with Gasteiger partial charge in [0, 0.05) is 6.54 Å². The van der Waals surface area contributed by atoms with Crippen LogP contribution in [-0.2, 0) is 6.18 Å². The van der Waals surface area contributed by atoms with Crippen LogP contribution in [0.15, 0.2) is 18.2 Å². The van der Waals surface area contributed by atoms with Gasteiger partial charge in [-0.1, -0.05) is 0 Å². The molecule has 0 amide bonds. The zero-order valence-electron chi connectivity index (χ0n) is 9.15. The van der Waals surface area contributed by atoms with Crippen LogP contribution in [0.1, 0.15) is 18.4 Å². The third kappa shape index (κ3) is 4.22. The van der Waals surface area contributed by atoms with E-state index in [2.05, 4.69) is 5.32 Å². The first-order valence-electron chi connectivity index (χ1n) is 5.26. The summed E-state index contributed by atoms with van der Waals surface area (Å²) in [6.07, 6.45) is -2.98. The number of rotatable bonds is 5. The lowest BCUT2D eigenvalue weighted by molar-refractivity contribution is -0.137. The molecule has 0 unspecified atom stereocenters. The highest BCUT2D eigenvalue weighted by atomic mass is 19.4. The molecule has 0 aromatic heterocycles. The smallest absolute Gasteiger partial charge is 0.383 e. The summed E-state index contributed by atoms with van der Waals surface area (Å²) in [4.78, 5) is 0. The molecule has 1 aromatic carbocycles. The quantitative estimate of drug-likeness (QED) is 0.622. The summed E-state index contributed by atoms with van der Waals surface area (Å²) >= 11 is 0. The van der Waals surface area contributed by atoms with Crippen LogP contribution in [0.4, 0.5) is 23.2 Å². The average Bonchev–Trinajstić information content (AvgIpc) is 2.24. The second-order valence-electron chi connectivity index (χ2n) is 3.61. The molecule has 0 radical (unpaired) electrons. The van der Waals surface area contributed by atoms with Gasteiger partial charge in [0.2, 0.25) is 0 Å². The van der Waals surface area contributed by atoms with E-state index in [4.69, 9.17) is 5.73 Å². The Hall–Kier alpha value is -1.30. The molecule has 0 atom stereocenters. The van der Waals surface area contributed by atoms with Crippen LogP contribution in [-0.4, -0.2) is 13.1 Å². The molecular formula is C11H14F4N2. The molecule has 0 aliphatic carbocycles. The Labute approximate surface area is 96.8 Å². The van der Waals surface area contributed by atoms with Crippen LogP contribution in [0.5, 0.6) is 0 Å². The second kappa shape index (κ2) is 5.86. The molecule has 6 heteroatoms.